The number of carbonyl (C=O) groups excluding carboxylic acids is 1. The first-order valence-corrected chi connectivity index (χ1v) is 6.82. The highest BCUT2D eigenvalue weighted by Gasteiger charge is 2.14. The molecule has 22 heavy (non-hydrogen) atoms. The van der Waals surface area contributed by atoms with Crippen molar-refractivity contribution in [2.24, 2.45) is 0 Å². The minimum absolute atomic E-state index is 0.0778. The minimum Gasteiger partial charge on any atom is -0.435 e. The number of benzene rings is 2. The first-order valence-electron chi connectivity index (χ1n) is 6.82. The van der Waals surface area contributed by atoms with Crippen molar-refractivity contribution in [2.45, 2.75) is 20.1 Å². The molecular formula is C17H17F2NO2. The maximum atomic E-state index is 12.4. The molecule has 116 valence electrons. The molecule has 0 atom stereocenters. The van der Waals surface area contributed by atoms with Crippen LogP contribution in [-0.2, 0) is 6.54 Å². The summed E-state index contributed by atoms with van der Waals surface area (Å²) in [5, 5.41) is 0. The van der Waals surface area contributed by atoms with Gasteiger partial charge in [-0.15, -0.1) is 0 Å². The van der Waals surface area contributed by atoms with Gasteiger partial charge in [-0.05, 0) is 36.2 Å². The van der Waals surface area contributed by atoms with Crippen LogP contribution in [0.25, 0.3) is 0 Å². The molecule has 0 aliphatic heterocycles. The largest absolute Gasteiger partial charge is 0.435 e. The van der Waals surface area contributed by atoms with E-state index in [0.29, 0.717) is 12.1 Å². The van der Waals surface area contributed by atoms with Crippen molar-refractivity contribution in [2.75, 3.05) is 7.05 Å². The van der Waals surface area contributed by atoms with Crippen LogP contribution in [0.2, 0.25) is 0 Å². The van der Waals surface area contributed by atoms with Crippen molar-refractivity contribution >= 4 is 5.91 Å². The Kier molecular flexibility index (Phi) is 5.09. The highest BCUT2D eigenvalue weighted by atomic mass is 19.3. The van der Waals surface area contributed by atoms with Gasteiger partial charge in [0.1, 0.15) is 5.75 Å². The van der Waals surface area contributed by atoms with Crippen molar-refractivity contribution in [1.82, 2.24) is 4.90 Å². The third kappa shape index (κ3) is 4.04. The fourth-order valence-corrected chi connectivity index (χ4v) is 2.14. The van der Waals surface area contributed by atoms with Crippen LogP contribution < -0.4 is 4.74 Å². The number of carbonyl (C=O) groups is 1. The summed E-state index contributed by atoms with van der Waals surface area (Å²) < 4.78 is 28.5. The molecule has 0 fully saturated rings. The Bertz CT molecular complexity index is 641. The summed E-state index contributed by atoms with van der Waals surface area (Å²) in [7, 11) is 1.71. The number of ether oxygens (including phenoxy) is 1. The summed E-state index contributed by atoms with van der Waals surface area (Å²) in [5.41, 5.74) is 2.41. The number of halogens is 2. The number of aryl methyl sites for hydroxylation is 1. The smallest absolute Gasteiger partial charge is 0.387 e. The van der Waals surface area contributed by atoms with Gasteiger partial charge in [0.05, 0.1) is 0 Å². The topological polar surface area (TPSA) is 29.5 Å². The SMILES string of the molecule is Cc1ccccc1C(=O)N(C)Cc1ccc(OC(F)F)cc1. The summed E-state index contributed by atoms with van der Waals surface area (Å²) in [6.45, 7) is -0.559. The Morgan fingerprint density at radius 3 is 2.36 bits per heavy atom. The molecule has 5 heteroatoms. The molecule has 0 aromatic heterocycles. The standard InChI is InChI=1S/C17H17F2NO2/c1-12-5-3-4-6-15(12)16(21)20(2)11-13-7-9-14(10-8-13)22-17(18)19/h3-10,17H,11H2,1-2H3. The molecule has 2 aromatic rings. The lowest BCUT2D eigenvalue weighted by atomic mass is 10.1. The number of amides is 1. The van der Waals surface area contributed by atoms with E-state index in [2.05, 4.69) is 4.74 Å². The lowest BCUT2D eigenvalue weighted by molar-refractivity contribution is -0.0498. The Hall–Kier alpha value is -2.43. The highest BCUT2D eigenvalue weighted by Crippen LogP contribution is 2.17. The predicted octanol–water partition coefficient (Wildman–Crippen LogP) is 3.87. The molecule has 2 aromatic carbocycles. The number of nitrogens with zero attached hydrogens (tertiary/aromatic N) is 1. The van der Waals surface area contributed by atoms with E-state index in [1.807, 2.05) is 25.1 Å². The van der Waals surface area contributed by atoms with Gasteiger partial charge in [0.15, 0.2) is 0 Å². The second-order valence-corrected chi connectivity index (χ2v) is 5.00. The molecule has 0 aliphatic rings. The summed E-state index contributed by atoms with van der Waals surface area (Å²) in [6, 6.07) is 13.6. The van der Waals surface area contributed by atoms with Crippen molar-refractivity contribution in [3.63, 3.8) is 0 Å². The van der Waals surface area contributed by atoms with Crippen molar-refractivity contribution < 1.29 is 18.3 Å². The first-order chi connectivity index (χ1) is 10.5. The van der Waals surface area contributed by atoms with Crippen LogP contribution in [0.5, 0.6) is 5.75 Å². The van der Waals surface area contributed by atoms with Crippen LogP contribution in [-0.4, -0.2) is 24.5 Å². The van der Waals surface area contributed by atoms with E-state index in [0.717, 1.165) is 11.1 Å². The molecular weight excluding hydrogens is 288 g/mol. The Labute approximate surface area is 128 Å². The van der Waals surface area contributed by atoms with E-state index < -0.39 is 6.61 Å². The average molecular weight is 305 g/mol. The number of hydrogen-bond donors (Lipinski definition) is 0. The van der Waals surface area contributed by atoms with E-state index >= 15 is 0 Å². The van der Waals surface area contributed by atoms with Crippen molar-refractivity contribution in [3.8, 4) is 5.75 Å². The zero-order valence-corrected chi connectivity index (χ0v) is 12.4. The van der Waals surface area contributed by atoms with E-state index in [9.17, 15) is 13.6 Å². The first kappa shape index (κ1) is 15.9. The van der Waals surface area contributed by atoms with Crippen LogP contribution in [0.4, 0.5) is 8.78 Å². The van der Waals surface area contributed by atoms with E-state index in [4.69, 9.17) is 0 Å². The van der Waals surface area contributed by atoms with Gasteiger partial charge in [-0.25, -0.2) is 0 Å². The summed E-state index contributed by atoms with van der Waals surface area (Å²) in [5.74, 6) is 0.0256. The predicted molar refractivity (Wildman–Crippen MR) is 80.1 cm³/mol. The van der Waals surface area contributed by atoms with Gasteiger partial charge in [-0.3, -0.25) is 4.79 Å². The molecule has 0 spiro atoms. The third-order valence-corrected chi connectivity index (χ3v) is 3.29. The van der Waals surface area contributed by atoms with Gasteiger partial charge in [0.2, 0.25) is 0 Å². The van der Waals surface area contributed by atoms with Crippen LogP contribution in [0.1, 0.15) is 21.5 Å². The average Bonchev–Trinajstić information content (AvgIpc) is 2.48. The molecule has 0 aliphatic carbocycles. The van der Waals surface area contributed by atoms with Gasteiger partial charge in [-0.1, -0.05) is 30.3 Å². The quantitative estimate of drug-likeness (QED) is 0.839. The Morgan fingerprint density at radius 2 is 1.77 bits per heavy atom. The molecule has 0 N–H and O–H groups in total. The summed E-state index contributed by atoms with van der Waals surface area (Å²) in [6.07, 6.45) is 0. The van der Waals surface area contributed by atoms with Crippen LogP contribution >= 0.6 is 0 Å². The lowest BCUT2D eigenvalue weighted by Crippen LogP contribution is -2.26. The number of rotatable bonds is 5. The minimum atomic E-state index is -2.84. The lowest BCUT2D eigenvalue weighted by Gasteiger charge is -2.18. The maximum Gasteiger partial charge on any atom is 0.387 e. The molecule has 0 heterocycles. The summed E-state index contributed by atoms with van der Waals surface area (Å²) >= 11 is 0. The van der Waals surface area contributed by atoms with Gasteiger partial charge < -0.3 is 9.64 Å². The molecule has 0 radical (unpaired) electrons. The fourth-order valence-electron chi connectivity index (χ4n) is 2.14. The zero-order valence-electron chi connectivity index (χ0n) is 12.4. The summed E-state index contributed by atoms with van der Waals surface area (Å²) in [4.78, 5) is 14.0. The second-order valence-electron chi connectivity index (χ2n) is 5.00. The van der Waals surface area contributed by atoms with Gasteiger partial charge in [0.25, 0.3) is 5.91 Å². The van der Waals surface area contributed by atoms with Gasteiger partial charge >= 0.3 is 6.61 Å². The van der Waals surface area contributed by atoms with E-state index in [-0.39, 0.29) is 11.7 Å². The van der Waals surface area contributed by atoms with Crippen LogP contribution in [0.15, 0.2) is 48.5 Å². The Balaban J connectivity index is 2.04. The second kappa shape index (κ2) is 7.02. The van der Waals surface area contributed by atoms with E-state index in [1.54, 1.807) is 30.1 Å². The molecule has 0 bridgehead atoms. The van der Waals surface area contributed by atoms with Gasteiger partial charge in [-0.2, -0.15) is 8.78 Å². The molecule has 3 nitrogen and oxygen atoms in total. The molecule has 0 unspecified atom stereocenters. The van der Waals surface area contributed by atoms with Crippen LogP contribution in [0, 0.1) is 6.92 Å². The molecule has 0 saturated carbocycles. The fraction of sp³-hybridized carbons (Fsp3) is 0.235. The van der Waals surface area contributed by atoms with Crippen molar-refractivity contribution in [1.29, 1.82) is 0 Å². The van der Waals surface area contributed by atoms with Gasteiger partial charge in [0, 0.05) is 19.2 Å². The highest BCUT2D eigenvalue weighted by molar-refractivity contribution is 5.95. The molecule has 2 rings (SSSR count). The third-order valence-electron chi connectivity index (χ3n) is 3.29. The maximum absolute atomic E-state index is 12.4. The number of alkyl halides is 2. The normalized spacial score (nSPS) is 10.6. The monoisotopic (exact) mass is 305 g/mol. The van der Waals surface area contributed by atoms with Crippen LogP contribution in [0.3, 0.4) is 0 Å². The molecule has 1 amide bonds. The van der Waals surface area contributed by atoms with E-state index in [1.165, 1.54) is 12.1 Å². The molecule has 0 saturated heterocycles. The zero-order chi connectivity index (χ0) is 16.1. The Morgan fingerprint density at radius 1 is 1.14 bits per heavy atom. The van der Waals surface area contributed by atoms with Crippen molar-refractivity contribution in [3.05, 3.63) is 65.2 Å². The number of hydrogen-bond acceptors (Lipinski definition) is 2.